The third kappa shape index (κ3) is 4.90. The van der Waals surface area contributed by atoms with E-state index < -0.39 is 0 Å². The van der Waals surface area contributed by atoms with Crippen molar-refractivity contribution in [2.45, 2.75) is 34.2 Å². The Labute approximate surface area is 175 Å². The zero-order valence-electron chi connectivity index (χ0n) is 17.4. The summed E-state index contributed by atoms with van der Waals surface area (Å²) in [5, 5.41) is 3.81. The van der Waals surface area contributed by atoms with Gasteiger partial charge in [0.1, 0.15) is 9.88 Å². The quantitative estimate of drug-likeness (QED) is 0.650. The summed E-state index contributed by atoms with van der Waals surface area (Å²) < 4.78 is 0. The van der Waals surface area contributed by atoms with Crippen molar-refractivity contribution in [3.63, 3.8) is 0 Å². The number of aromatic nitrogens is 1. The van der Waals surface area contributed by atoms with Crippen LogP contribution in [0.1, 0.15) is 39.0 Å². The fourth-order valence-corrected chi connectivity index (χ4v) is 4.15. The van der Waals surface area contributed by atoms with Crippen molar-refractivity contribution in [2.24, 2.45) is 0 Å². The van der Waals surface area contributed by atoms with Gasteiger partial charge >= 0.3 is 0 Å². The standard InChI is InChI=1S/C23H25N3O2S/c1-14-9-10-20(15(2)11-14)23-24-16(3)21(29-23)22(28)25-19-8-6-7-18(12-19)13-26(5)17(4)27/h6-12H,13H2,1-5H3,(H,25,28). The molecule has 6 heteroatoms. The number of carbonyl (C=O) groups excluding carboxylic acids is 2. The highest BCUT2D eigenvalue weighted by molar-refractivity contribution is 7.17. The number of rotatable bonds is 5. The van der Waals surface area contributed by atoms with Crippen molar-refractivity contribution in [1.82, 2.24) is 9.88 Å². The van der Waals surface area contributed by atoms with Crippen LogP contribution < -0.4 is 5.32 Å². The van der Waals surface area contributed by atoms with E-state index in [2.05, 4.69) is 42.3 Å². The molecule has 0 bridgehead atoms. The Morgan fingerprint density at radius 3 is 2.55 bits per heavy atom. The van der Waals surface area contributed by atoms with E-state index in [-0.39, 0.29) is 11.8 Å². The molecular weight excluding hydrogens is 382 g/mol. The van der Waals surface area contributed by atoms with Crippen LogP contribution in [0.5, 0.6) is 0 Å². The number of carbonyl (C=O) groups is 2. The Kier molecular flexibility index (Phi) is 6.13. The van der Waals surface area contributed by atoms with Gasteiger partial charge in [0.05, 0.1) is 5.69 Å². The summed E-state index contributed by atoms with van der Waals surface area (Å²) in [7, 11) is 1.75. The van der Waals surface area contributed by atoms with Crippen LogP contribution in [0.2, 0.25) is 0 Å². The number of amides is 2. The lowest BCUT2D eigenvalue weighted by Crippen LogP contribution is -2.23. The maximum absolute atomic E-state index is 12.9. The van der Waals surface area contributed by atoms with Gasteiger partial charge in [0.15, 0.2) is 0 Å². The highest BCUT2D eigenvalue weighted by atomic mass is 32.1. The van der Waals surface area contributed by atoms with Crippen LogP contribution in [-0.4, -0.2) is 28.7 Å². The second-order valence-electron chi connectivity index (χ2n) is 7.28. The van der Waals surface area contributed by atoms with Crippen LogP contribution in [-0.2, 0) is 11.3 Å². The normalized spacial score (nSPS) is 10.7. The molecular formula is C23H25N3O2S. The molecule has 0 atom stereocenters. The lowest BCUT2D eigenvalue weighted by molar-refractivity contribution is -0.128. The Balaban J connectivity index is 1.80. The van der Waals surface area contributed by atoms with Crippen LogP contribution in [0.4, 0.5) is 5.69 Å². The maximum atomic E-state index is 12.9. The third-order valence-electron chi connectivity index (χ3n) is 4.76. The number of aryl methyl sites for hydroxylation is 3. The van der Waals surface area contributed by atoms with Gasteiger partial charge in [-0.25, -0.2) is 4.98 Å². The molecule has 29 heavy (non-hydrogen) atoms. The molecule has 0 aliphatic carbocycles. The van der Waals surface area contributed by atoms with Crippen molar-refractivity contribution >= 4 is 28.8 Å². The van der Waals surface area contributed by atoms with E-state index in [4.69, 9.17) is 0 Å². The SMILES string of the molecule is CC(=O)N(C)Cc1cccc(NC(=O)c2sc(-c3ccc(C)cc3C)nc2C)c1. The fourth-order valence-electron chi connectivity index (χ4n) is 3.10. The summed E-state index contributed by atoms with van der Waals surface area (Å²) in [6.07, 6.45) is 0. The number of benzene rings is 2. The largest absolute Gasteiger partial charge is 0.342 e. The zero-order chi connectivity index (χ0) is 21.1. The summed E-state index contributed by atoms with van der Waals surface area (Å²) in [6, 6.07) is 13.8. The molecule has 0 fully saturated rings. The van der Waals surface area contributed by atoms with Crippen LogP contribution in [0.3, 0.4) is 0 Å². The van der Waals surface area contributed by atoms with Crippen molar-refractivity contribution in [3.05, 3.63) is 69.7 Å². The Hall–Kier alpha value is -2.99. The highest BCUT2D eigenvalue weighted by Gasteiger charge is 2.17. The molecule has 0 aliphatic rings. The van der Waals surface area contributed by atoms with Gasteiger partial charge in [-0.2, -0.15) is 0 Å². The molecule has 1 heterocycles. The maximum Gasteiger partial charge on any atom is 0.267 e. The summed E-state index contributed by atoms with van der Waals surface area (Å²) >= 11 is 1.40. The van der Waals surface area contributed by atoms with Crippen LogP contribution in [0.25, 0.3) is 10.6 Å². The van der Waals surface area contributed by atoms with Crippen LogP contribution in [0, 0.1) is 20.8 Å². The molecule has 2 amide bonds. The fraction of sp³-hybridized carbons (Fsp3) is 0.261. The van der Waals surface area contributed by atoms with Gasteiger partial charge in [-0.1, -0.05) is 35.9 Å². The number of nitrogens with zero attached hydrogens (tertiary/aromatic N) is 2. The minimum absolute atomic E-state index is 0.00125. The van der Waals surface area contributed by atoms with E-state index >= 15 is 0 Å². The Morgan fingerprint density at radius 2 is 1.86 bits per heavy atom. The van der Waals surface area contributed by atoms with Crippen LogP contribution >= 0.6 is 11.3 Å². The molecule has 3 aromatic rings. The van der Waals surface area contributed by atoms with Gasteiger partial charge in [0, 0.05) is 31.8 Å². The van der Waals surface area contributed by atoms with E-state index in [9.17, 15) is 9.59 Å². The summed E-state index contributed by atoms with van der Waals surface area (Å²) in [5.41, 5.74) is 5.77. The van der Waals surface area contributed by atoms with E-state index in [0.717, 1.165) is 27.4 Å². The second kappa shape index (κ2) is 8.57. The van der Waals surface area contributed by atoms with E-state index in [1.807, 2.05) is 31.2 Å². The van der Waals surface area contributed by atoms with Gasteiger partial charge in [-0.15, -0.1) is 11.3 Å². The van der Waals surface area contributed by atoms with Gasteiger partial charge in [-0.3, -0.25) is 9.59 Å². The van der Waals surface area contributed by atoms with Gasteiger partial charge in [0.2, 0.25) is 5.91 Å². The third-order valence-corrected chi connectivity index (χ3v) is 5.95. The van der Waals surface area contributed by atoms with Gasteiger partial charge in [0.25, 0.3) is 5.91 Å². The number of hydrogen-bond acceptors (Lipinski definition) is 4. The van der Waals surface area contributed by atoms with E-state index in [1.165, 1.54) is 23.8 Å². The first-order valence-corrected chi connectivity index (χ1v) is 10.2. The minimum atomic E-state index is -0.173. The zero-order valence-corrected chi connectivity index (χ0v) is 18.2. The van der Waals surface area contributed by atoms with Crippen molar-refractivity contribution in [3.8, 4) is 10.6 Å². The highest BCUT2D eigenvalue weighted by Crippen LogP contribution is 2.31. The molecule has 0 unspecified atom stereocenters. The van der Waals surface area contributed by atoms with Crippen molar-refractivity contribution < 1.29 is 9.59 Å². The summed E-state index contributed by atoms with van der Waals surface area (Å²) in [6.45, 7) is 8.01. The average molecular weight is 408 g/mol. The number of nitrogens with one attached hydrogen (secondary N) is 1. The summed E-state index contributed by atoms with van der Waals surface area (Å²) in [5.74, 6) is -0.174. The van der Waals surface area contributed by atoms with Gasteiger partial charge in [-0.05, 0) is 44.0 Å². The monoisotopic (exact) mass is 407 g/mol. The summed E-state index contributed by atoms with van der Waals surface area (Å²) in [4.78, 5) is 31.2. The smallest absolute Gasteiger partial charge is 0.267 e. The molecule has 0 spiro atoms. The molecule has 150 valence electrons. The van der Waals surface area contributed by atoms with Crippen molar-refractivity contribution in [1.29, 1.82) is 0 Å². The molecule has 1 aromatic heterocycles. The predicted molar refractivity (Wildman–Crippen MR) is 118 cm³/mol. The first kappa shape index (κ1) is 20.7. The Bertz CT molecular complexity index is 1070. The first-order chi connectivity index (χ1) is 13.7. The molecule has 0 saturated carbocycles. The second-order valence-corrected chi connectivity index (χ2v) is 8.28. The van der Waals surface area contributed by atoms with Crippen molar-refractivity contribution in [2.75, 3.05) is 12.4 Å². The topological polar surface area (TPSA) is 62.3 Å². The Morgan fingerprint density at radius 1 is 1.10 bits per heavy atom. The molecule has 0 aliphatic heterocycles. The average Bonchev–Trinajstić information content (AvgIpc) is 3.03. The number of thiazole rings is 1. The van der Waals surface area contributed by atoms with Gasteiger partial charge < -0.3 is 10.2 Å². The first-order valence-electron chi connectivity index (χ1n) is 9.41. The molecule has 0 saturated heterocycles. The number of hydrogen-bond donors (Lipinski definition) is 1. The van der Waals surface area contributed by atoms with E-state index in [1.54, 1.807) is 11.9 Å². The van der Waals surface area contributed by atoms with Crippen LogP contribution in [0.15, 0.2) is 42.5 Å². The lowest BCUT2D eigenvalue weighted by Gasteiger charge is -2.15. The molecule has 0 radical (unpaired) electrons. The molecule has 5 nitrogen and oxygen atoms in total. The van der Waals surface area contributed by atoms with E-state index in [0.29, 0.717) is 17.1 Å². The predicted octanol–water partition coefficient (Wildman–Crippen LogP) is 4.97. The molecule has 3 rings (SSSR count). The number of anilines is 1. The lowest BCUT2D eigenvalue weighted by atomic mass is 10.1. The minimum Gasteiger partial charge on any atom is -0.342 e. The molecule has 2 aromatic carbocycles. The molecule has 1 N–H and O–H groups in total.